The molecule has 0 radical (unpaired) electrons. The average Bonchev–Trinajstić information content (AvgIpc) is 2.44. The summed E-state index contributed by atoms with van der Waals surface area (Å²) in [5.41, 5.74) is 1.02. The molecule has 1 aromatic rings. The highest BCUT2D eigenvalue weighted by Gasteiger charge is 2.27. The maximum absolute atomic E-state index is 4.77. The van der Waals surface area contributed by atoms with Gasteiger partial charge in [0.2, 0.25) is 0 Å². The summed E-state index contributed by atoms with van der Waals surface area (Å²) in [5.74, 6) is 1.66. The van der Waals surface area contributed by atoms with Gasteiger partial charge in [-0.1, -0.05) is 13.8 Å². The van der Waals surface area contributed by atoms with E-state index in [1.54, 1.807) is 0 Å². The van der Waals surface area contributed by atoms with E-state index in [0.717, 1.165) is 37.7 Å². The van der Waals surface area contributed by atoms with Gasteiger partial charge in [-0.15, -0.1) is 0 Å². The Kier molecular flexibility index (Phi) is 5.53. The van der Waals surface area contributed by atoms with Gasteiger partial charge in [-0.05, 0) is 33.4 Å². The molecule has 0 amide bonds. The molecule has 2 heterocycles. The fourth-order valence-corrected chi connectivity index (χ4v) is 2.71. The van der Waals surface area contributed by atoms with Crippen LogP contribution in [-0.4, -0.2) is 53.6 Å². The highest BCUT2D eigenvalue weighted by molar-refractivity contribution is 5.37. The van der Waals surface area contributed by atoms with E-state index in [2.05, 4.69) is 54.8 Å². The van der Waals surface area contributed by atoms with Crippen LogP contribution in [0.5, 0.6) is 0 Å². The van der Waals surface area contributed by atoms with Crippen LogP contribution in [0.2, 0.25) is 0 Å². The molecule has 1 aromatic heterocycles. The fraction of sp³-hybridized carbons (Fsp3) is 0.750. The molecule has 0 aliphatic carbocycles. The largest absolute Gasteiger partial charge is 0.352 e. The van der Waals surface area contributed by atoms with Gasteiger partial charge in [0.15, 0.2) is 0 Å². The number of aromatic nitrogens is 2. The summed E-state index contributed by atoms with van der Waals surface area (Å²) >= 11 is 0. The number of nitrogens with zero attached hydrogens (tertiary/aromatic N) is 4. The lowest BCUT2D eigenvalue weighted by atomic mass is 10.1. The smallest absolute Gasteiger partial charge is 0.147 e. The predicted molar refractivity (Wildman–Crippen MR) is 87.5 cm³/mol. The maximum Gasteiger partial charge on any atom is 0.147 e. The average molecular weight is 291 g/mol. The number of anilines is 1. The Balaban J connectivity index is 2.00. The number of hydrogen-bond donors (Lipinski definition) is 1. The second-order valence-corrected chi connectivity index (χ2v) is 6.66. The van der Waals surface area contributed by atoms with E-state index >= 15 is 0 Å². The Morgan fingerprint density at radius 3 is 2.52 bits per heavy atom. The van der Waals surface area contributed by atoms with Crippen LogP contribution in [0.15, 0.2) is 12.4 Å². The minimum atomic E-state index is 0.540. The quantitative estimate of drug-likeness (QED) is 0.895. The van der Waals surface area contributed by atoms with Crippen LogP contribution in [0.1, 0.15) is 33.4 Å². The van der Waals surface area contributed by atoms with Crippen molar-refractivity contribution < 1.29 is 0 Å². The van der Waals surface area contributed by atoms with E-state index in [9.17, 15) is 0 Å². The van der Waals surface area contributed by atoms with Crippen LogP contribution >= 0.6 is 0 Å². The zero-order valence-corrected chi connectivity index (χ0v) is 14.0. The van der Waals surface area contributed by atoms with Gasteiger partial charge in [-0.3, -0.25) is 9.88 Å². The summed E-state index contributed by atoms with van der Waals surface area (Å²) in [4.78, 5) is 13.9. The van der Waals surface area contributed by atoms with E-state index in [0.29, 0.717) is 18.0 Å². The van der Waals surface area contributed by atoms with E-state index < -0.39 is 0 Å². The van der Waals surface area contributed by atoms with Crippen molar-refractivity contribution in [2.24, 2.45) is 5.92 Å². The van der Waals surface area contributed by atoms with Crippen molar-refractivity contribution in [3.63, 3.8) is 0 Å². The van der Waals surface area contributed by atoms with Gasteiger partial charge in [0.1, 0.15) is 5.82 Å². The topological polar surface area (TPSA) is 44.3 Å². The lowest BCUT2D eigenvalue weighted by Crippen LogP contribution is -2.55. The number of nitrogens with one attached hydrogen (secondary N) is 1. The first-order chi connectivity index (χ1) is 9.97. The lowest BCUT2D eigenvalue weighted by Gasteiger charge is -2.42. The Bertz CT molecular complexity index is 436. The van der Waals surface area contributed by atoms with Gasteiger partial charge in [-0.2, -0.15) is 0 Å². The molecule has 0 spiro atoms. The molecular formula is C16H29N5. The van der Waals surface area contributed by atoms with Crippen molar-refractivity contribution in [3.8, 4) is 0 Å². The summed E-state index contributed by atoms with van der Waals surface area (Å²) in [5, 5.41) is 3.43. The summed E-state index contributed by atoms with van der Waals surface area (Å²) in [6.07, 6.45) is 3.75. The molecule has 0 aromatic carbocycles. The molecule has 2 unspecified atom stereocenters. The molecule has 5 heteroatoms. The minimum Gasteiger partial charge on any atom is -0.352 e. The highest BCUT2D eigenvalue weighted by atomic mass is 15.3. The molecule has 1 saturated heterocycles. The highest BCUT2D eigenvalue weighted by Crippen LogP contribution is 2.19. The molecule has 1 aliphatic heterocycles. The SMILES string of the molecule is CC(C)CNCc1cncc(N2CC(C)N(C)C(C)C2)n1. The number of piperazine rings is 1. The number of likely N-dealkylation sites (N-methyl/N-ethyl adjacent to an activating group) is 1. The number of rotatable bonds is 5. The normalized spacial score (nSPS) is 23.8. The first kappa shape index (κ1) is 16.2. The van der Waals surface area contributed by atoms with E-state index in [-0.39, 0.29) is 0 Å². The third kappa shape index (κ3) is 4.38. The Morgan fingerprint density at radius 2 is 1.90 bits per heavy atom. The van der Waals surface area contributed by atoms with Crippen molar-refractivity contribution in [3.05, 3.63) is 18.1 Å². The molecule has 1 N–H and O–H groups in total. The molecule has 1 fully saturated rings. The van der Waals surface area contributed by atoms with Crippen LogP contribution in [0.4, 0.5) is 5.82 Å². The Hall–Kier alpha value is -1.20. The molecule has 5 nitrogen and oxygen atoms in total. The molecular weight excluding hydrogens is 262 g/mol. The van der Waals surface area contributed by atoms with E-state index in [1.165, 1.54) is 0 Å². The molecule has 2 rings (SSSR count). The zero-order valence-electron chi connectivity index (χ0n) is 14.0. The van der Waals surface area contributed by atoms with Gasteiger partial charge in [0.25, 0.3) is 0 Å². The first-order valence-electron chi connectivity index (χ1n) is 7.96. The predicted octanol–water partition coefficient (Wildman–Crippen LogP) is 1.75. The molecule has 21 heavy (non-hydrogen) atoms. The fourth-order valence-electron chi connectivity index (χ4n) is 2.71. The van der Waals surface area contributed by atoms with Crippen molar-refractivity contribution in [2.75, 3.05) is 31.6 Å². The molecule has 1 aliphatic rings. The molecule has 118 valence electrons. The minimum absolute atomic E-state index is 0.540. The summed E-state index contributed by atoms with van der Waals surface area (Å²) < 4.78 is 0. The van der Waals surface area contributed by atoms with Crippen LogP contribution in [-0.2, 0) is 6.54 Å². The van der Waals surface area contributed by atoms with Crippen molar-refractivity contribution in [1.82, 2.24) is 20.2 Å². The zero-order chi connectivity index (χ0) is 15.4. The monoisotopic (exact) mass is 291 g/mol. The van der Waals surface area contributed by atoms with Crippen LogP contribution in [0.3, 0.4) is 0 Å². The Labute approximate surface area is 128 Å². The summed E-state index contributed by atoms with van der Waals surface area (Å²) in [6.45, 7) is 12.8. The third-order valence-electron chi connectivity index (χ3n) is 4.21. The second kappa shape index (κ2) is 7.18. The lowest BCUT2D eigenvalue weighted by molar-refractivity contribution is 0.169. The third-order valence-corrected chi connectivity index (χ3v) is 4.21. The van der Waals surface area contributed by atoms with Gasteiger partial charge in [0.05, 0.1) is 11.9 Å². The maximum atomic E-state index is 4.77. The molecule has 0 bridgehead atoms. The molecule has 2 atom stereocenters. The Morgan fingerprint density at radius 1 is 1.24 bits per heavy atom. The first-order valence-corrected chi connectivity index (χ1v) is 7.96. The van der Waals surface area contributed by atoms with Gasteiger partial charge < -0.3 is 10.2 Å². The van der Waals surface area contributed by atoms with Gasteiger partial charge >= 0.3 is 0 Å². The molecule has 0 saturated carbocycles. The van der Waals surface area contributed by atoms with Crippen molar-refractivity contribution >= 4 is 5.82 Å². The second-order valence-electron chi connectivity index (χ2n) is 6.66. The van der Waals surface area contributed by atoms with E-state index in [4.69, 9.17) is 4.98 Å². The van der Waals surface area contributed by atoms with Crippen LogP contribution in [0.25, 0.3) is 0 Å². The van der Waals surface area contributed by atoms with Crippen molar-refractivity contribution in [1.29, 1.82) is 0 Å². The van der Waals surface area contributed by atoms with Crippen LogP contribution < -0.4 is 10.2 Å². The standard InChI is InChI=1S/C16H29N5/c1-12(2)6-17-7-15-8-18-9-16(19-15)21-10-13(3)20(5)14(4)11-21/h8-9,12-14,17H,6-7,10-11H2,1-5H3. The summed E-state index contributed by atoms with van der Waals surface area (Å²) in [6, 6.07) is 1.08. The number of hydrogen-bond acceptors (Lipinski definition) is 5. The van der Waals surface area contributed by atoms with Crippen molar-refractivity contribution in [2.45, 2.75) is 46.3 Å². The van der Waals surface area contributed by atoms with Crippen LogP contribution in [0, 0.1) is 5.92 Å². The van der Waals surface area contributed by atoms with Gasteiger partial charge in [-0.25, -0.2) is 4.98 Å². The summed E-state index contributed by atoms with van der Waals surface area (Å²) in [7, 11) is 2.20. The van der Waals surface area contributed by atoms with Gasteiger partial charge in [0, 0.05) is 37.9 Å². The van der Waals surface area contributed by atoms with E-state index in [1.807, 2.05) is 12.4 Å².